The fourth-order valence-corrected chi connectivity index (χ4v) is 6.37. The SMILES string of the molecule is C[C@@H]1CC[C@H](NC(=O)[C@H](Cc2cc3ccccc3[nH]2)NC(=O)c2ccco2)C(=O)CN1S(=O)(=O)c1ccccn1. The molecular formula is C28H29N5O6S. The largest absolute Gasteiger partial charge is 0.459 e. The van der Waals surface area contributed by atoms with Crippen molar-refractivity contribution in [3.05, 3.63) is 84.6 Å². The van der Waals surface area contributed by atoms with Gasteiger partial charge in [0, 0.05) is 29.9 Å². The van der Waals surface area contributed by atoms with Crippen molar-refractivity contribution in [3.8, 4) is 0 Å². The van der Waals surface area contributed by atoms with Crippen LogP contribution in [0.1, 0.15) is 36.0 Å². The van der Waals surface area contributed by atoms with Crippen LogP contribution in [0.3, 0.4) is 0 Å². The summed E-state index contributed by atoms with van der Waals surface area (Å²) in [6.45, 7) is 1.32. The minimum Gasteiger partial charge on any atom is -0.459 e. The van der Waals surface area contributed by atoms with E-state index >= 15 is 0 Å². The number of hydrogen-bond acceptors (Lipinski definition) is 7. The summed E-state index contributed by atoms with van der Waals surface area (Å²) in [5.74, 6) is -1.54. The summed E-state index contributed by atoms with van der Waals surface area (Å²) in [4.78, 5) is 46.7. The monoisotopic (exact) mass is 563 g/mol. The Morgan fingerprint density at radius 3 is 2.65 bits per heavy atom. The zero-order valence-corrected chi connectivity index (χ0v) is 22.6. The molecule has 1 fully saturated rings. The number of aromatic nitrogens is 2. The van der Waals surface area contributed by atoms with Crippen molar-refractivity contribution >= 4 is 38.5 Å². The molecule has 1 aromatic carbocycles. The zero-order chi connectivity index (χ0) is 28.3. The van der Waals surface area contributed by atoms with Crippen LogP contribution in [0.4, 0.5) is 0 Å². The molecule has 0 spiro atoms. The average Bonchev–Trinajstić information content (AvgIpc) is 3.61. The highest BCUT2D eigenvalue weighted by Crippen LogP contribution is 2.23. The van der Waals surface area contributed by atoms with E-state index in [-0.39, 0.29) is 23.6 Å². The Morgan fingerprint density at radius 2 is 1.93 bits per heavy atom. The Balaban J connectivity index is 1.34. The fourth-order valence-electron chi connectivity index (χ4n) is 4.81. The van der Waals surface area contributed by atoms with Crippen molar-refractivity contribution in [1.82, 2.24) is 24.9 Å². The van der Waals surface area contributed by atoms with Crippen LogP contribution < -0.4 is 10.6 Å². The van der Waals surface area contributed by atoms with E-state index in [1.807, 2.05) is 30.3 Å². The van der Waals surface area contributed by atoms with Gasteiger partial charge in [0.25, 0.3) is 15.9 Å². The van der Waals surface area contributed by atoms with Gasteiger partial charge >= 0.3 is 0 Å². The van der Waals surface area contributed by atoms with E-state index in [0.717, 1.165) is 20.9 Å². The van der Waals surface area contributed by atoms with Crippen molar-refractivity contribution < 1.29 is 27.2 Å². The number of fused-ring (bicyclic) bond motifs is 1. The number of H-pyrrole nitrogens is 1. The second kappa shape index (κ2) is 11.4. The Hall–Kier alpha value is -4.29. The third-order valence-corrected chi connectivity index (χ3v) is 8.85. The lowest BCUT2D eigenvalue weighted by atomic mass is 10.0. The molecule has 3 atom stereocenters. The molecule has 0 aliphatic carbocycles. The van der Waals surface area contributed by atoms with Gasteiger partial charge < -0.3 is 20.0 Å². The molecule has 4 aromatic rings. The molecule has 208 valence electrons. The van der Waals surface area contributed by atoms with Gasteiger partial charge in [-0.25, -0.2) is 13.4 Å². The standard InChI is InChI=1S/C28H29N5O6S/c1-18-11-12-22(24(34)17-33(18)40(37,38)26-10-4-5-13-29-26)31-27(35)23(32-28(36)25-9-6-14-39-25)16-20-15-19-7-2-3-8-21(19)30-20/h2-10,13-15,18,22-23,30H,11-12,16-17H2,1H3,(H,31,35)(H,32,36)/t18-,22+,23+/m1/s1. The number of hydrogen-bond donors (Lipinski definition) is 3. The van der Waals surface area contributed by atoms with Crippen LogP contribution in [0, 0.1) is 0 Å². The van der Waals surface area contributed by atoms with Crippen molar-refractivity contribution in [2.45, 2.75) is 49.3 Å². The lowest BCUT2D eigenvalue weighted by Gasteiger charge is -2.25. The van der Waals surface area contributed by atoms with Gasteiger partial charge in [0.15, 0.2) is 16.6 Å². The van der Waals surface area contributed by atoms with Crippen LogP contribution >= 0.6 is 0 Å². The number of furan rings is 1. The highest BCUT2D eigenvalue weighted by atomic mass is 32.2. The normalized spacial score (nSPS) is 19.2. The molecule has 0 saturated carbocycles. The van der Waals surface area contributed by atoms with Gasteiger partial charge in [-0.2, -0.15) is 4.31 Å². The number of sulfonamides is 1. The number of rotatable bonds is 8. The van der Waals surface area contributed by atoms with Gasteiger partial charge in [0.2, 0.25) is 5.91 Å². The van der Waals surface area contributed by atoms with Crippen LogP contribution in [-0.4, -0.2) is 65.0 Å². The number of ketones is 1. The minimum atomic E-state index is -4.01. The first-order valence-corrected chi connectivity index (χ1v) is 14.3. The third kappa shape index (κ3) is 5.82. The Morgan fingerprint density at radius 1 is 1.12 bits per heavy atom. The van der Waals surface area contributed by atoms with Gasteiger partial charge in [-0.05, 0) is 61.5 Å². The Bertz CT molecular complexity index is 1580. The maximum Gasteiger partial charge on any atom is 0.287 e. The van der Waals surface area contributed by atoms with Crippen LogP contribution in [0.25, 0.3) is 10.9 Å². The number of nitrogens with one attached hydrogen (secondary N) is 3. The number of benzene rings is 1. The van der Waals surface area contributed by atoms with Crippen molar-refractivity contribution in [2.24, 2.45) is 0 Å². The lowest BCUT2D eigenvalue weighted by Crippen LogP contribution is -2.53. The Labute approximate surface area is 231 Å². The quantitative estimate of drug-likeness (QED) is 0.297. The number of Topliss-reactive ketones (excluding diaryl/α,β-unsaturated/α-hetero) is 1. The van der Waals surface area contributed by atoms with Crippen LogP contribution in [0.5, 0.6) is 0 Å². The number of aromatic amines is 1. The summed E-state index contributed by atoms with van der Waals surface area (Å²) in [7, 11) is -4.01. The molecule has 2 amide bonds. The van der Waals surface area contributed by atoms with E-state index in [1.54, 1.807) is 25.1 Å². The second-order valence-corrected chi connectivity index (χ2v) is 11.6. The molecular weight excluding hydrogens is 534 g/mol. The number of para-hydroxylation sites is 1. The molecule has 4 heterocycles. The molecule has 1 aliphatic heterocycles. The first kappa shape index (κ1) is 27.3. The fraction of sp³-hybridized carbons (Fsp3) is 0.286. The molecule has 3 aromatic heterocycles. The van der Waals surface area contributed by atoms with Crippen LogP contribution in [0.2, 0.25) is 0 Å². The molecule has 5 rings (SSSR count). The predicted octanol–water partition coefficient (Wildman–Crippen LogP) is 2.42. The van der Waals surface area contributed by atoms with Gasteiger partial charge in [-0.15, -0.1) is 0 Å². The van der Waals surface area contributed by atoms with Crippen LogP contribution in [-0.2, 0) is 26.0 Å². The molecule has 12 heteroatoms. The minimum absolute atomic E-state index is 0.0455. The van der Waals surface area contributed by atoms with Gasteiger partial charge in [0.1, 0.15) is 6.04 Å². The van der Waals surface area contributed by atoms with Gasteiger partial charge in [0.05, 0.1) is 18.8 Å². The molecule has 0 unspecified atom stereocenters. The summed E-state index contributed by atoms with van der Waals surface area (Å²) in [6, 6.07) is 14.7. The maximum atomic E-state index is 13.5. The molecule has 40 heavy (non-hydrogen) atoms. The summed E-state index contributed by atoms with van der Waals surface area (Å²) in [6.07, 6.45) is 3.45. The number of amides is 2. The summed E-state index contributed by atoms with van der Waals surface area (Å²) >= 11 is 0. The Kier molecular flexibility index (Phi) is 7.81. The molecule has 11 nitrogen and oxygen atoms in total. The van der Waals surface area contributed by atoms with Crippen molar-refractivity contribution in [2.75, 3.05) is 6.54 Å². The number of carbonyl (C=O) groups is 3. The molecule has 1 saturated heterocycles. The highest BCUT2D eigenvalue weighted by molar-refractivity contribution is 7.89. The number of pyridine rings is 1. The van der Waals surface area contributed by atoms with E-state index in [9.17, 15) is 22.8 Å². The van der Waals surface area contributed by atoms with E-state index in [0.29, 0.717) is 6.42 Å². The van der Waals surface area contributed by atoms with E-state index < -0.39 is 52.3 Å². The summed E-state index contributed by atoms with van der Waals surface area (Å²) in [5.41, 5.74) is 1.60. The first-order valence-electron chi connectivity index (χ1n) is 12.9. The lowest BCUT2D eigenvalue weighted by molar-refractivity contribution is -0.128. The van der Waals surface area contributed by atoms with E-state index in [2.05, 4.69) is 20.6 Å². The van der Waals surface area contributed by atoms with Crippen molar-refractivity contribution in [1.29, 1.82) is 0 Å². The van der Waals surface area contributed by atoms with Crippen LogP contribution in [0.15, 0.2) is 82.6 Å². The highest BCUT2D eigenvalue weighted by Gasteiger charge is 2.38. The van der Waals surface area contributed by atoms with Crippen molar-refractivity contribution in [3.63, 3.8) is 0 Å². The number of carbonyl (C=O) groups excluding carboxylic acids is 3. The van der Waals surface area contributed by atoms with E-state index in [4.69, 9.17) is 4.42 Å². The van der Waals surface area contributed by atoms with E-state index in [1.165, 1.54) is 24.6 Å². The third-order valence-electron chi connectivity index (χ3n) is 6.97. The molecule has 0 bridgehead atoms. The molecule has 0 radical (unpaired) electrons. The second-order valence-electron chi connectivity index (χ2n) is 9.76. The molecule has 3 N–H and O–H groups in total. The van der Waals surface area contributed by atoms with Gasteiger partial charge in [-0.1, -0.05) is 24.3 Å². The summed E-state index contributed by atoms with van der Waals surface area (Å²) < 4.78 is 32.7. The number of nitrogens with zero attached hydrogens (tertiary/aromatic N) is 2. The smallest absolute Gasteiger partial charge is 0.287 e. The first-order chi connectivity index (χ1) is 19.2. The van der Waals surface area contributed by atoms with Gasteiger partial charge in [-0.3, -0.25) is 14.4 Å². The maximum absolute atomic E-state index is 13.5. The summed E-state index contributed by atoms with van der Waals surface area (Å²) in [5, 5.41) is 6.28. The predicted molar refractivity (Wildman–Crippen MR) is 146 cm³/mol. The zero-order valence-electron chi connectivity index (χ0n) is 21.7. The molecule has 1 aliphatic rings. The average molecular weight is 564 g/mol. The topological polar surface area (TPSA) is 154 Å².